The molecular formula is C8H15ClO4. The van der Waals surface area contributed by atoms with Crippen LogP contribution in [-0.4, -0.2) is 51.8 Å². The van der Waals surface area contributed by atoms with E-state index in [4.69, 9.17) is 30.5 Å². The van der Waals surface area contributed by atoms with Crippen molar-refractivity contribution in [3.63, 3.8) is 0 Å². The number of hydrogen-bond acceptors (Lipinski definition) is 4. The minimum atomic E-state index is -0.386. The molecule has 0 aromatic rings. The van der Waals surface area contributed by atoms with Crippen molar-refractivity contribution in [3.05, 3.63) is 0 Å². The molecule has 0 bridgehead atoms. The number of ether oxygens (including phenoxy) is 4. The van der Waals surface area contributed by atoms with Crippen LogP contribution in [0.5, 0.6) is 0 Å². The Bertz CT molecular complexity index is 111. The van der Waals surface area contributed by atoms with Crippen LogP contribution in [0.3, 0.4) is 0 Å². The molecule has 0 aliphatic carbocycles. The summed E-state index contributed by atoms with van der Waals surface area (Å²) in [5, 5.41) is 0. The zero-order chi connectivity index (χ0) is 9.36. The fraction of sp³-hybridized carbons (Fsp3) is 1.00. The lowest BCUT2D eigenvalue weighted by atomic mass is 10.6. The van der Waals surface area contributed by atoms with E-state index < -0.39 is 0 Å². The highest BCUT2D eigenvalue weighted by molar-refractivity contribution is 6.19. The molecular weight excluding hydrogens is 196 g/mol. The van der Waals surface area contributed by atoms with Crippen LogP contribution in [0, 0.1) is 0 Å². The SMILES string of the molecule is ClC1COCCOCCOCCO1. The van der Waals surface area contributed by atoms with Crippen molar-refractivity contribution >= 4 is 11.6 Å². The summed E-state index contributed by atoms with van der Waals surface area (Å²) in [4.78, 5) is 0. The zero-order valence-corrected chi connectivity index (χ0v) is 8.29. The van der Waals surface area contributed by atoms with Gasteiger partial charge in [-0.15, -0.1) is 0 Å². The molecule has 0 spiro atoms. The van der Waals surface area contributed by atoms with Crippen molar-refractivity contribution < 1.29 is 18.9 Å². The fourth-order valence-corrected chi connectivity index (χ4v) is 1.08. The highest BCUT2D eigenvalue weighted by Crippen LogP contribution is 1.99. The van der Waals surface area contributed by atoms with Gasteiger partial charge in [0, 0.05) is 0 Å². The minimum Gasteiger partial charge on any atom is -0.377 e. The first kappa shape index (κ1) is 11.2. The monoisotopic (exact) mass is 210 g/mol. The van der Waals surface area contributed by atoms with E-state index in [1.54, 1.807) is 0 Å². The molecule has 1 atom stereocenters. The highest BCUT2D eigenvalue weighted by atomic mass is 35.5. The molecule has 1 heterocycles. The van der Waals surface area contributed by atoms with E-state index in [1.807, 2.05) is 0 Å². The van der Waals surface area contributed by atoms with Gasteiger partial charge in [0.2, 0.25) is 0 Å². The number of rotatable bonds is 0. The molecule has 1 unspecified atom stereocenters. The van der Waals surface area contributed by atoms with Crippen molar-refractivity contribution in [2.24, 2.45) is 0 Å². The van der Waals surface area contributed by atoms with Gasteiger partial charge in [-0.25, -0.2) is 0 Å². The molecule has 0 aromatic heterocycles. The number of alkyl halides is 1. The van der Waals surface area contributed by atoms with Crippen LogP contribution < -0.4 is 0 Å². The van der Waals surface area contributed by atoms with Crippen LogP contribution >= 0.6 is 11.6 Å². The van der Waals surface area contributed by atoms with Gasteiger partial charge in [-0.3, -0.25) is 0 Å². The molecule has 78 valence electrons. The lowest BCUT2D eigenvalue weighted by molar-refractivity contribution is -0.0440. The van der Waals surface area contributed by atoms with Crippen LogP contribution in [0.1, 0.15) is 0 Å². The van der Waals surface area contributed by atoms with Crippen molar-refractivity contribution in [2.75, 3.05) is 46.2 Å². The largest absolute Gasteiger partial charge is 0.377 e. The van der Waals surface area contributed by atoms with Gasteiger partial charge in [0.05, 0.1) is 46.2 Å². The molecule has 1 aliphatic rings. The summed E-state index contributed by atoms with van der Waals surface area (Å²) >= 11 is 5.77. The van der Waals surface area contributed by atoms with Gasteiger partial charge >= 0.3 is 0 Å². The Balaban J connectivity index is 2.11. The number of halogens is 1. The minimum absolute atomic E-state index is 0.386. The quantitative estimate of drug-likeness (QED) is 0.550. The molecule has 5 heteroatoms. The molecule has 1 rings (SSSR count). The van der Waals surface area contributed by atoms with E-state index in [-0.39, 0.29) is 5.56 Å². The Kier molecular flexibility index (Phi) is 6.49. The van der Waals surface area contributed by atoms with Gasteiger partial charge < -0.3 is 18.9 Å². The lowest BCUT2D eigenvalue weighted by Gasteiger charge is -2.13. The average molecular weight is 211 g/mol. The van der Waals surface area contributed by atoms with Crippen molar-refractivity contribution in [1.82, 2.24) is 0 Å². The smallest absolute Gasteiger partial charge is 0.154 e. The Labute approximate surface area is 83.0 Å². The summed E-state index contributed by atoms with van der Waals surface area (Å²) in [6.07, 6.45) is 0. The van der Waals surface area contributed by atoms with E-state index in [2.05, 4.69) is 0 Å². The molecule has 0 N–H and O–H groups in total. The lowest BCUT2D eigenvalue weighted by Crippen LogP contribution is -2.20. The average Bonchev–Trinajstić information content (AvgIpc) is 2.11. The normalized spacial score (nSPS) is 28.8. The Morgan fingerprint density at radius 2 is 1.31 bits per heavy atom. The van der Waals surface area contributed by atoms with E-state index in [0.717, 1.165) is 0 Å². The third-order valence-corrected chi connectivity index (χ3v) is 1.77. The molecule has 0 aromatic carbocycles. The Morgan fingerprint density at radius 3 is 2.00 bits per heavy atom. The molecule has 0 saturated carbocycles. The predicted octanol–water partition coefficient (Wildman–Crippen LogP) is 0.631. The summed E-state index contributed by atoms with van der Waals surface area (Å²) in [6, 6.07) is 0. The summed E-state index contributed by atoms with van der Waals surface area (Å²) in [5.41, 5.74) is -0.386. The highest BCUT2D eigenvalue weighted by Gasteiger charge is 2.05. The van der Waals surface area contributed by atoms with Crippen LogP contribution in [0.25, 0.3) is 0 Å². The van der Waals surface area contributed by atoms with Gasteiger partial charge in [0.25, 0.3) is 0 Å². The fourth-order valence-electron chi connectivity index (χ4n) is 0.899. The second kappa shape index (κ2) is 7.53. The third-order valence-electron chi connectivity index (χ3n) is 1.52. The summed E-state index contributed by atoms with van der Waals surface area (Å²) in [7, 11) is 0. The molecule has 13 heavy (non-hydrogen) atoms. The maximum absolute atomic E-state index is 5.77. The Morgan fingerprint density at radius 1 is 0.769 bits per heavy atom. The molecule has 4 nitrogen and oxygen atoms in total. The second-order valence-electron chi connectivity index (χ2n) is 2.58. The molecule has 1 saturated heterocycles. The van der Waals surface area contributed by atoms with Crippen molar-refractivity contribution in [3.8, 4) is 0 Å². The zero-order valence-electron chi connectivity index (χ0n) is 7.54. The molecule has 1 aliphatic heterocycles. The first-order valence-electron chi connectivity index (χ1n) is 4.38. The van der Waals surface area contributed by atoms with E-state index in [9.17, 15) is 0 Å². The predicted molar refractivity (Wildman–Crippen MR) is 48.1 cm³/mol. The van der Waals surface area contributed by atoms with Crippen molar-refractivity contribution in [2.45, 2.75) is 5.56 Å². The molecule has 0 radical (unpaired) electrons. The van der Waals surface area contributed by atoms with Gasteiger partial charge in [-0.2, -0.15) is 0 Å². The standard InChI is InChI=1S/C8H15ClO4/c9-8-7-12-4-3-10-1-2-11-5-6-13-8/h8H,1-7H2. The molecule has 1 fully saturated rings. The summed E-state index contributed by atoms with van der Waals surface area (Å²) in [5.74, 6) is 0. The van der Waals surface area contributed by atoms with Gasteiger partial charge in [0.1, 0.15) is 0 Å². The van der Waals surface area contributed by atoms with Crippen LogP contribution in [0.4, 0.5) is 0 Å². The maximum atomic E-state index is 5.77. The summed E-state index contributed by atoms with van der Waals surface area (Å²) < 4.78 is 20.8. The third kappa shape index (κ3) is 6.23. The van der Waals surface area contributed by atoms with Gasteiger partial charge in [-0.1, -0.05) is 11.6 Å². The number of hydrogen-bond donors (Lipinski definition) is 0. The van der Waals surface area contributed by atoms with E-state index in [1.165, 1.54) is 0 Å². The van der Waals surface area contributed by atoms with E-state index >= 15 is 0 Å². The summed E-state index contributed by atoms with van der Waals surface area (Å²) in [6.45, 7) is 3.76. The van der Waals surface area contributed by atoms with Crippen LogP contribution in [0.15, 0.2) is 0 Å². The van der Waals surface area contributed by atoms with Crippen LogP contribution in [-0.2, 0) is 18.9 Å². The second-order valence-corrected chi connectivity index (χ2v) is 3.07. The molecule has 0 amide bonds. The Hall–Kier alpha value is 0.130. The van der Waals surface area contributed by atoms with Gasteiger partial charge in [-0.05, 0) is 0 Å². The van der Waals surface area contributed by atoms with E-state index in [0.29, 0.717) is 46.2 Å². The topological polar surface area (TPSA) is 36.9 Å². The first-order valence-corrected chi connectivity index (χ1v) is 4.82. The van der Waals surface area contributed by atoms with Gasteiger partial charge in [0.15, 0.2) is 5.56 Å². The van der Waals surface area contributed by atoms with Crippen LogP contribution in [0.2, 0.25) is 0 Å². The van der Waals surface area contributed by atoms with Crippen molar-refractivity contribution in [1.29, 1.82) is 0 Å². The maximum Gasteiger partial charge on any atom is 0.154 e. The first-order chi connectivity index (χ1) is 6.39.